The third kappa shape index (κ3) is 2.98. The van der Waals surface area contributed by atoms with Crippen molar-refractivity contribution in [3.63, 3.8) is 0 Å². The minimum Gasteiger partial charge on any atom is -0.339 e. The van der Waals surface area contributed by atoms with E-state index in [4.69, 9.17) is 23.2 Å². The summed E-state index contributed by atoms with van der Waals surface area (Å²) in [6, 6.07) is 7.35. The number of hydrogen-bond acceptors (Lipinski definition) is 4. The zero-order chi connectivity index (χ0) is 13.1. The fraction of sp³-hybridized carbons (Fsp3) is 0. The van der Waals surface area contributed by atoms with Crippen molar-refractivity contribution < 1.29 is 4.79 Å². The normalized spacial score (nSPS) is 10.2. The molecule has 0 fully saturated rings. The molecule has 0 amide bonds. The molecule has 0 aliphatic rings. The van der Waals surface area contributed by atoms with E-state index >= 15 is 0 Å². The number of nitrogens with one attached hydrogen (secondary N) is 1. The standard InChI is InChI=1S/C11H6BrCl2N3O/c12-6-1-3-7(4-2-6)15-10-8(5-18)9(13)16-11(14)17-10/h1-5H,(H,15,16,17). The van der Waals surface area contributed by atoms with Gasteiger partial charge < -0.3 is 5.32 Å². The Morgan fingerprint density at radius 1 is 1.17 bits per heavy atom. The SMILES string of the molecule is O=Cc1c(Cl)nc(Cl)nc1Nc1ccc(Br)cc1. The van der Waals surface area contributed by atoms with Crippen LogP contribution in [0.25, 0.3) is 0 Å². The van der Waals surface area contributed by atoms with Gasteiger partial charge in [0.2, 0.25) is 5.28 Å². The number of aldehydes is 1. The number of anilines is 2. The van der Waals surface area contributed by atoms with Gasteiger partial charge in [0, 0.05) is 10.2 Å². The first-order chi connectivity index (χ1) is 8.60. The number of halogens is 3. The Balaban J connectivity index is 2.39. The van der Waals surface area contributed by atoms with Gasteiger partial charge in [0.25, 0.3) is 0 Å². The van der Waals surface area contributed by atoms with Crippen LogP contribution in [0.15, 0.2) is 28.7 Å². The van der Waals surface area contributed by atoms with Gasteiger partial charge in [-0.2, -0.15) is 4.98 Å². The summed E-state index contributed by atoms with van der Waals surface area (Å²) in [6.45, 7) is 0. The van der Waals surface area contributed by atoms with Gasteiger partial charge >= 0.3 is 0 Å². The number of nitrogens with zero attached hydrogens (tertiary/aromatic N) is 2. The third-order valence-corrected chi connectivity index (χ3v) is 3.08. The molecule has 1 N–H and O–H groups in total. The molecular weight excluding hydrogens is 341 g/mol. The van der Waals surface area contributed by atoms with Gasteiger partial charge in [0.15, 0.2) is 6.29 Å². The minimum absolute atomic E-state index is 0.0182. The van der Waals surface area contributed by atoms with Crippen LogP contribution >= 0.6 is 39.1 Å². The predicted octanol–water partition coefficient (Wildman–Crippen LogP) is 4.10. The Bertz CT molecular complexity index is 590. The number of carbonyl (C=O) groups is 1. The van der Waals surface area contributed by atoms with Crippen molar-refractivity contribution in [3.8, 4) is 0 Å². The first-order valence-corrected chi connectivity index (χ1v) is 6.36. The molecule has 0 saturated heterocycles. The third-order valence-electron chi connectivity index (χ3n) is 2.10. The first-order valence-electron chi connectivity index (χ1n) is 4.81. The number of hydrogen-bond donors (Lipinski definition) is 1. The molecule has 0 unspecified atom stereocenters. The lowest BCUT2D eigenvalue weighted by Crippen LogP contribution is -2.01. The minimum atomic E-state index is -0.0230. The summed E-state index contributed by atoms with van der Waals surface area (Å²) in [5.74, 6) is 0.275. The lowest BCUT2D eigenvalue weighted by Gasteiger charge is -2.08. The Labute approximate surface area is 121 Å². The smallest absolute Gasteiger partial charge is 0.225 e. The van der Waals surface area contributed by atoms with Crippen LogP contribution in [0.1, 0.15) is 10.4 Å². The first kappa shape index (κ1) is 13.3. The molecule has 0 aliphatic heterocycles. The molecule has 0 spiro atoms. The van der Waals surface area contributed by atoms with Crippen molar-refractivity contribution in [3.05, 3.63) is 44.7 Å². The quantitative estimate of drug-likeness (QED) is 0.516. The number of rotatable bonds is 3. The maximum absolute atomic E-state index is 10.9. The summed E-state index contributed by atoms with van der Waals surface area (Å²) >= 11 is 14.8. The lowest BCUT2D eigenvalue weighted by atomic mass is 10.3. The van der Waals surface area contributed by atoms with E-state index in [1.807, 2.05) is 24.3 Å². The van der Waals surface area contributed by atoms with Crippen LogP contribution in [0.2, 0.25) is 10.4 Å². The molecule has 18 heavy (non-hydrogen) atoms. The van der Waals surface area contributed by atoms with Crippen molar-refractivity contribution >= 4 is 56.9 Å². The van der Waals surface area contributed by atoms with Crippen LogP contribution in [0.5, 0.6) is 0 Å². The number of aromatic nitrogens is 2. The summed E-state index contributed by atoms with van der Waals surface area (Å²) in [6.07, 6.45) is 0.583. The molecule has 1 heterocycles. The molecule has 0 atom stereocenters. The largest absolute Gasteiger partial charge is 0.339 e. The van der Waals surface area contributed by atoms with Crippen LogP contribution in [-0.4, -0.2) is 16.3 Å². The Morgan fingerprint density at radius 2 is 1.83 bits per heavy atom. The highest BCUT2D eigenvalue weighted by atomic mass is 79.9. The molecule has 0 bridgehead atoms. The molecule has 1 aromatic carbocycles. The van der Waals surface area contributed by atoms with Gasteiger partial charge in [-0.3, -0.25) is 4.79 Å². The zero-order valence-corrected chi connectivity index (χ0v) is 11.9. The summed E-state index contributed by atoms with van der Waals surface area (Å²) < 4.78 is 0.947. The molecule has 0 radical (unpaired) electrons. The topological polar surface area (TPSA) is 54.9 Å². The second kappa shape index (κ2) is 5.65. The monoisotopic (exact) mass is 345 g/mol. The molecule has 2 rings (SSSR count). The predicted molar refractivity (Wildman–Crippen MR) is 74.9 cm³/mol. The van der Waals surface area contributed by atoms with E-state index in [0.29, 0.717) is 6.29 Å². The molecule has 1 aromatic heterocycles. The van der Waals surface area contributed by atoms with E-state index < -0.39 is 0 Å². The van der Waals surface area contributed by atoms with Crippen LogP contribution in [0.3, 0.4) is 0 Å². The van der Waals surface area contributed by atoms with Crippen molar-refractivity contribution in [2.75, 3.05) is 5.32 Å². The molecule has 0 aliphatic carbocycles. The summed E-state index contributed by atoms with van der Waals surface area (Å²) in [4.78, 5) is 18.6. The van der Waals surface area contributed by atoms with E-state index in [0.717, 1.165) is 10.2 Å². The van der Waals surface area contributed by atoms with E-state index in [2.05, 4.69) is 31.2 Å². The van der Waals surface area contributed by atoms with Crippen molar-refractivity contribution in [1.82, 2.24) is 9.97 Å². The van der Waals surface area contributed by atoms with Crippen molar-refractivity contribution in [2.24, 2.45) is 0 Å². The highest BCUT2D eigenvalue weighted by Crippen LogP contribution is 2.25. The van der Waals surface area contributed by atoms with Crippen LogP contribution in [0.4, 0.5) is 11.5 Å². The van der Waals surface area contributed by atoms with E-state index in [1.54, 1.807) is 0 Å². The molecule has 4 nitrogen and oxygen atoms in total. The summed E-state index contributed by atoms with van der Waals surface area (Å²) in [7, 11) is 0. The Kier molecular flexibility index (Phi) is 4.16. The van der Waals surface area contributed by atoms with Crippen molar-refractivity contribution in [2.45, 2.75) is 0 Å². The average Bonchev–Trinajstić information content (AvgIpc) is 2.32. The molecular formula is C11H6BrCl2N3O. The fourth-order valence-electron chi connectivity index (χ4n) is 1.29. The molecule has 7 heteroatoms. The number of benzene rings is 1. The second-order valence-electron chi connectivity index (χ2n) is 3.30. The highest BCUT2D eigenvalue weighted by Gasteiger charge is 2.11. The molecule has 2 aromatic rings. The van der Waals surface area contributed by atoms with Gasteiger partial charge in [0.05, 0.1) is 5.56 Å². The molecule has 0 saturated carbocycles. The Morgan fingerprint density at radius 3 is 2.44 bits per heavy atom. The maximum Gasteiger partial charge on any atom is 0.225 e. The Hall–Kier alpha value is -1.17. The van der Waals surface area contributed by atoms with Gasteiger partial charge in [-0.1, -0.05) is 27.5 Å². The average molecular weight is 347 g/mol. The van der Waals surface area contributed by atoms with Gasteiger partial charge in [-0.15, -0.1) is 0 Å². The van der Waals surface area contributed by atoms with Gasteiger partial charge in [-0.25, -0.2) is 4.98 Å². The van der Waals surface area contributed by atoms with Crippen LogP contribution < -0.4 is 5.32 Å². The highest BCUT2D eigenvalue weighted by molar-refractivity contribution is 9.10. The van der Waals surface area contributed by atoms with E-state index in [9.17, 15) is 4.79 Å². The van der Waals surface area contributed by atoms with Gasteiger partial charge in [0.1, 0.15) is 11.0 Å². The zero-order valence-electron chi connectivity index (χ0n) is 8.82. The van der Waals surface area contributed by atoms with E-state index in [-0.39, 0.29) is 21.8 Å². The second-order valence-corrected chi connectivity index (χ2v) is 4.91. The lowest BCUT2D eigenvalue weighted by molar-refractivity contribution is 0.112. The van der Waals surface area contributed by atoms with E-state index in [1.165, 1.54) is 0 Å². The van der Waals surface area contributed by atoms with Crippen LogP contribution in [-0.2, 0) is 0 Å². The molecule has 92 valence electrons. The van der Waals surface area contributed by atoms with Crippen LogP contribution in [0, 0.1) is 0 Å². The number of carbonyl (C=O) groups excluding carboxylic acids is 1. The fourth-order valence-corrected chi connectivity index (χ4v) is 1.98. The van der Waals surface area contributed by atoms with Gasteiger partial charge in [-0.05, 0) is 35.9 Å². The summed E-state index contributed by atoms with van der Waals surface area (Å²) in [5.41, 5.74) is 0.927. The maximum atomic E-state index is 10.9. The summed E-state index contributed by atoms with van der Waals surface area (Å²) in [5, 5.41) is 2.96. The van der Waals surface area contributed by atoms with Crippen molar-refractivity contribution in [1.29, 1.82) is 0 Å².